The summed E-state index contributed by atoms with van der Waals surface area (Å²) in [5, 5.41) is 3.39. The quantitative estimate of drug-likeness (QED) is 0.702. The Hall–Kier alpha value is -0.960. The fourth-order valence-electron chi connectivity index (χ4n) is 1.33. The monoisotopic (exact) mass is 193 g/mol. The molecule has 0 aliphatic rings. The van der Waals surface area contributed by atoms with Gasteiger partial charge in [0.15, 0.2) is 0 Å². The third-order valence-corrected chi connectivity index (χ3v) is 2.27. The molecule has 1 aromatic rings. The standard InChI is InChI=1S/C11H19N3/c1-3-5-12-6-4-10(2)11-9-13-7-8-14-11/h7-10,12H,3-6H2,1-2H3. The first-order valence-corrected chi connectivity index (χ1v) is 5.31. The van der Waals surface area contributed by atoms with Crippen molar-refractivity contribution in [3.05, 3.63) is 24.3 Å². The van der Waals surface area contributed by atoms with Crippen molar-refractivity contribution < 1.29 is 0 Å². The third-order valence-electron chi connectivity index (χ3n) is 2.27. The Kier molecular flexibility index (Phi) is 5.15. The van der Waals surface area contributed by atoms with Gasteiger partial charge in [0, 0.05) is 24.5 Å². The molecule has 78 valence electrons. The summed E-state index contributed by atoms with van der Waals surface area (Å²) in [5.74, 6) is 0.494. The lowest BCUT2D eigenvalue weighted by molar-refractivity contribution is 0.581. The second-order valence-corrected chi connectivity index (χ2v) is 3.57. The van der Waals surface area contributed by atoms with E-state index >= 15 is 0 Å². The zero-order chi connectivity index (χ0) is 10.2. The van der Waals surface area contributed by atoms with Gasteiger partial charge < -0.3 is 5.32 Å². The molecule has 1 atom stereocenters. The predicted octanol–water partition coefficient (Wildman–Crippen LogP) is 1.97. The molecule has 0 aliphatic heterocycles. The molecule has 1 rings (SSSR count). The second-order valence-electron chi connectivity index (χ2n) is 3.57. The summed E-state index contributed by atoms with van der Waals surface area (Å²) < 4.78 is 0. The van der Waals surface area contributed by atoms with Gasteiger partial charge in [0.05, 0.1) is 5.69 Å². The summed E-state index contributed by atoms with van der Waals surface area (Å²) in [6.07, 6.45) is 7.64. The first-order valence-electron chi connectivity index (χ1n) is 5.31. The van der Waals surface area contributed by atoms with Crippen LogP contribution < -0.4 is 5.32 Å². The lowest BCUT2D eigenvalue weighted by Gasteiger charge is -2.10. The van der Waals surface area contributed by atoms with Gasteiger partial charge in [0.25, 0.3) is 0 Å². The van der Waals surface area contributed by atoms with Crippen LogP contribution in [0.25, 0.3) is 0 Å². The number of rotatable bonds is 6. The van der Waals surface area contributed by atoms with Gasteiger partial charge in [-0.1, -0.05) is 13.8 Å². The number of aromatic nitrogens is 2. The highest BCUT2D eigenvalue weighted by atomic mass is 14.8. The van der Waals surface area contributed by atoms with E-state index in [0.717, 1.165) is 25.2 Å². The normalized spacial score (nSPS) is 12.7. The van der Waals surface area contributed by atoms with Crippen LogP contribution in [0.5, 0.6) is 0 Å². The summed E-state index contributed by atoms with van der Waals surface area (Å²) in [5.41, 5.74) is 1.09. The van der Waals surface area contributed by atoms with Gasteiger partial charge in [-0.05, 0) is 25.9 Å². The molecule has 3 nitrogen and oxygen atoms in total. The maximum atomic E-state index is 4.29. The Morgan fingerprint density at radius 1 is 1.36 bits per heavy atom. The van der Waals surface area contributed by atoms with E-state index < -0.39 is 0 Å². The van der Waals surface area contributed by atoms with E-state index in [9.17, 15) is 0 Å². The summed E-state index contributed by atoms with van der Waals surface area (Å²) in [4.78, 5) is 8.35. The zero-order valence-corrected chi connectivity index (χ0v) is 9.03. The van der Waals surface area contributed by atoms with Crippen molar-refractivity contribution >= 4 is 0 Å². The van der Waals surface area contributed by atoms with Gasteiger partial charge >= 0.3 is 0 Å². The maximum absolute atomic E-state index is 4.29. The highest BCUT2D eigenvalue weighted by Gasteiger charge is 2.05. The first kappa shape index (κ1) is 11.1. The fourth-order valence-corrected chi connectivity index (χ4v) is 1.33. The van der Waals surface area contributed by atoms with Crippen LogP contribution >= 0.6 is 0 Å². The van der Waals surface area contributed by atoms with E-state index in [4.69, 9.17) is 0 Å². The molecule has 0 aromatic carbocycles. The Morgan fingerprint density at radius 2 is 2.21 bits per heavy atom. The lowest BCUT2D eigenvalue weighted by atomic mass is 10.0. The molecular weight excluding hydrogens is 174 g/mol. The molecule has 1 aromatic heterocycles. The molecule has 1 heterocycles. The first-order chi connectivity index (χ1) is 6.84. The number of nitrogens with one attached hydrogen (secondary N) is 1. The van der Waals surface area contributed by atoms with E-state index in [1.54, 1.807) is 12.4 Å². The van der Waals surface area contributed by atoms with Gasteiger partial charge in [-0.3, -0.25) is 9.97 Å². The smallest absolute Gasteiger partial charge is 0.0615 e. The molecule has 0 radical (unpaired) electrons. The fraction of sp³-hybridized carbons (Fsp3) is 0.636. The van der Waals surface area contributed by atoms with Gasteiger partial charge in [-0.25, -0.2) is 0 Å². The van der Waals surface area contributed by atoms with Crippen LogP contribution in [0.1, 0.15) is 38.3 Å². The second kappa shape index (κ2) is 6.49. The minimum atomic E-state index is 0.494. The molecular formula is C11H19N3. The van der Waals surface area contributed by atoms with E-state index in [0.29, 0.717) is 5.92 Å². The van der Waals surface area contributed by atoms with Gasteiger partial charge in [0.2, 0.25) is 0 Å². The van der Waals surface area contributed by atoms with Gasteiger partial charge in [0.1, 0.15) is 0 Å². The van der Waals surface area contributed by atoms with Crippen molar-refractivity contribution in [1.82, 2.24) is 15.3 Å². The molecule has 0 aliphatic carbocycles. The van der Waals surface area contributed by atoms with E-state index in [1.807, 2.05) is 6.20 Å². The molecule has 0 fully saturated rings. The average Bonchev–Trinajstić information content (AvgIpc) is 2.25. The van der Waals surface area contributed by atoms with E-state index in [2.05, 4.69) is 29.1 Å². The summed E-state index contributed by atoms with van der Waals surface area (Å²) >= 11 is 0. The van der Waals surface area contributed by atoms with Crippen molar-refractivity contribution in [2.45, 2.75) is 32.6 Å². The Labute approximate surface area is 86.0 Å². The molecule has 14 heavy (non-hydrogen) atoms. The van der Waals surface area contributed by atoms with Gasteiger partial charge in [-0.15, -0.1) is 0 Å². The van der Waals surface area contributed by atoms with Crippen LogP contribution in [0.4, 0.5) is 0 Å². The zero-order valence-electron chi connectivity index (χ0n) is 9.03. The molecule has 3 heteroatoms. The molecule has 0 bridgehead atoms. The van der Waals surface area contributed by atoms with Crippen molar-refractivity contribution in [3.63, 3.8) is 0 Å². The highest BCUT2D eigenvalue weighted by molar-refractivity contribution is 5.01. The average molecular weight is 193 g/mol. The van der Waals surface area contributed by atoms with Crippen LogP contribution in [0.3, 0.4) is 0 Å². The third kappa shape index (κ3) is 3.83. The summed E-state index contributed by atoms with van der Waals surface area (Å²) in [6.45, 7) is 6.54. The molecule has 0 amide bonds. The van der Waals surface area contributed by atoms with Crippen LogP contribution in [0, 0.1) is 0 Å². The van der Waals surface area contributed by atoms with Crippen molar-refractivity contribution in [1.29, 1.82) is 0 Å². The van der Waals surface area contributed by atoms with E-state index in [1.165, 1.54) is 6.42 Å². The SMILES string of the molecule is CCCNCCC(C)c1cnccn1. The van der Waals surface area contributed by atoms with Crippen LogP contribution in [-0.2, 0) is 0 Å². The van der Waals surface area contributed by atoms with Crippen LogP contribution in [-0.4, -0.2) is 23.1 Å². The summed E-state index contributed by atoms with van der Waals surface area (Å²) in [6, 6.07) is 0. The topological polar surface area (TPSA) is 37.8 Å². The van der Waals surface area contributed by atoms with Crippen molar-refractivity contribution in [3.8, 4) is 0 Å². The Balaban J connectivity index is 2.25. The van der Waals surface area contributed by atoms with Crippen LogP contribution in [0.15, 0.2) is 18.6 Å². The Morgan fingerprint density at radius 3 is 2.86 bits per heavy atom. The van der Waals surface area contributed by atoms with Crippen LogP contribution in [0.2, 0.25) is 0 Å². The minimum Gasteiger partial charge on any atom is -0.317 e. The molecule has 1 N–H and O–H groups in total. The minimum absolute atomic E-state index is 0.494. The predicted molar refractivity (Wildman–Crippen MR) is 58.2 cm³/mol. The summed E-state index contributed by atoms with van der Waals surface area (Å²) in [7, 11) is 0. The number of nitrogens with zero attached hydrogens (tertiary/aromatic N) is 2. The lowest BCUT2D eigenvalue weighted by Crippen LogP contribution is -2.17. The van der Waals surface area contributed by atoms with Crippen molar-refractivity contribution in [2.75, 3.05) is 13.1 Å². The van der Waals surface area contributed by atoms with Gasteiger partial charge in [-0.2, -0.15) is 0 Å². The largest absolute Gasteiger partial charge is 0.317 e. The number of hydrogen-bond acceptors (Lipinski definition) is 3. The Bertz CT molecular complexity index is 236. The molecule has 0 spiro atoms. The molecule has 0 saturated carbocycles. The molecule has 1 unspecified atom stereocenters. The van der Waals surface area contributed by atoms with Crippen molar-refractivity contribution in [2.24, 2.45) is 0 Å². The molecule has 0 saturated heterocycles. The van der Waals surface area contributed by atoms with E-state index in [-0.39, 0.29) is 0 Å². The highest BCUT2D eigenvalue weighted by Crippen LogP contribution is 2.13. The number of hydrogen-bond donors (Lipinski definition) is 1. The maximum Gasteiger partial charge on any atom is 0.0615 e.